The molecule has 0 saturated heterocycles. The molecule has 2 rings (SSSR count). The van der Waals surface area contributed by atoms with E-state index < -0.39 is 0 Å². The van der Waals surface area contributed by atoms with Crippen LogP contribution in [-0.2, 0) is 0 Å². The Bertz CT molecular complexity index is 363. The molecular weight excluding hydrogens is 218 g/mol. The molecule has 1 aliphatic rings. The summed E-state index contributed by atoms with van der Waals surface area (Å²) in [6.45, 7) is 4.45. The molecule has 1 N–H and O–H groups in total. The fourth-order valence-corrected chi connectivity index (χ4v) is 2.35. The fraction of sp³-hybridized carbons (Fsp3) is 0.667. The largest absolute Gasteiger partial charge is 0.373 e. The molecule has 1 fully saturated rings. The van der Waals surface area contributed by atoms with Gasteiger partial charge in [0.15, 0.2) is 0 Å². The number of rotatable bonds is 5. The smallest absolute Gasteiger partial charge is 0.135 e. The maximum absolute atomic E-state index is 4.64. The van der Waals surface area contributed by atoms with Crippen molar-refractivity contribution in [2.45, 2.75) is 49.3 Å². The molecule has 0 spiro atoms. The van der Waals surface area contributed by atoms with E-state index in [1.165, 1.54) is 19.3 Å². The average molecular weight is 237 g/mol. The summed E-state index contributed by atoms with van der Waals surface area (Å²) in [6, 6.07) is 2.04. The lowest BCUT2D eigenvalue weighted by atomic mass is 10.4. The van der Waals surface area contributed by atoms with Crippen molar-refractivity contribution in [1.82, 2.24) is 9.97 Å². The number of hydrogen-bond donors (Lipinski definition) is 1. The third kappa shape index (κ3) is 2.88. The average Bonchev–Trinajstić information content (AvgIpc) is 3.12. The first-order valence-corrected chi connectivity index (χ1v) is 6.84. The zero-order valence-electron chi connectivity index (χ0n) is 10.2. The third-order valence-electron chi connectivity index (χ3n) is 2.82. The Hall–Kier alpha value is -0.770. The number of hydrogen-bond acceptors (Lipinski definition) is 4. The molecule has 88 valence electrons. The Morgan fingerprint density at radius 2 is 2.25 bits per heavy atom. The Balaban J connectivity index is 2.18. The summed E-state index contributed by atoms with van der Waals surface area (Å²) in [5.74, 6) is 2.59. The molecule has 0 amide bonds. The first kappa shape index (κ1) is 11.7. The van der Waals surface area contributed by atoms with Crippen LogP contribution in [0, 0.1) is 0 Å². The summed E-state index contributed by atoms with van der Waals surface area (Å²) >= 11 is 1.84. The van der Waals surface area contributed by atoms with Crippen LogP contribution in [0.5, 0.6) is 0 Å². The van der Waals surface area contributed by atoms with Crippen molar-refractivity contribution < 1.29 is 0 Å². The maximum atomic E-state index is 4.64. The van der Waals surface area contributed by atoms with E-state index >= 15 is 0 Å². The third-order valence-corrected chi connectivity index (χ3v) is 4.00. The molecule has 1 heterocycles. The molecular formula is C12H19N3S. The number of thioether (sulfide) groups is 1. The van der Waals surface area contributed by atoms with Gasteiger partial charge in [0.1, 0.15) is 16.7 Å². The van der Waals surface area contributed by atoms with Gasteiger partial charge in [-0.3, -0.25) is 0 Å². The van der Waals surface area contributed by atoms with E-state index in [1.807, 2.05) is 24.9 Å². The predicted molar refractivity (Wildman–Crippen MR) is 69.2 cm³/mol. The summed E-state index contributed by atoms with van der Waals surface area (Å²) in [5, 5.41) is 4.84. The number of nitrogens with one attached hydrogen (secondary N) is 1. The van der Waals surface area contributed by atoms with Gasteiger partial charge in [0.2, 0.25) is 0 Å². The van der Waals surface area contributed by atoms with Gasteiger partial charge in [-0.15, -0.1) is 11.8 Å². The Labute approximate surface area is 101 Å². The van der Waals surface area contributed by atoms with Gasteiger partial charge in [0, 0.05) is 24.3 Å². The van der Waals surface area contributed by atoms with Crippen LogP contribution in [0.25, 0.3) is 0 Å². The topological polar surface area (TPSA) is 37.8 Å². The first-order chi connectivity index (χ1) is 7.72. The minimum absolute atomic E-state index is 0.615. The van der Waals surface area contributed by atoms with Crippen LogP contribution >= 0.6 is 11.8 Å². The quantitative estimate of drug-likeness (QED) is 0.630. The van der Waals surface area contributed by atoms with Gasteiger partial charge < -0.3 is 5.32 Å². The first-order valence-electron chi connectivity index (χ1n) is 5.96. The number of aromatic nitrogens is 2. The van der Waals surface area contributed by atoms with Gasteiger partial charge in [0.05, 0.1) is 0 Å². The van der Waals surface area contributed by atoms with Gasteiger partial charge in [-0.25, -0.2) is 9.97 Å². The molecule has 1 aliphatic carbocycles. The van der Waals surface area contributed by atoms with Crippen molar-refractivity contribution in [1.29, 1.82) is 0 Å². The summed E-state index contributed by atoms with van der Waals surface area (Å²) in [5.41, 5.74) is 0. The number of anilines is 1. The van der Waals surface area contributed by atoms with Crippen LogP contribution < -0.4 is 5.32 Å². The van der Waals surface area contributed by atoms with Crippen LogP contribution in [0.4, 0.5) is 5.82 Å². The predicted octanol–water partition coefficient (Wildman–Crippen LogP) is 3.29. The highest BCUT2D eigenvalue weighted by Crippen LogP contribution is 2.39. The van der Waals surface area contributed by atoms with Crippen molar-refractivity contribution >= 4 is 17.6 Å². The van der Waals surface area contributed by atoms with Gasteiger partial charge >= 0.3 is 0 Å². The minimum atomic E-state index is 0.615. The molecule has 4 heteroatoms. The highest BCUT2D eigenvalue weighted by Gasteiger charge is 2.27. The maximum Gasteiger partial charge on any atom is 0.135 e. The molecule has 1 aromatic rings. The van der Waals surface area contributed by atoms with Crippen LogP contribution in [0.2, 0.25) is 0 Å². The lowest BCUT2D eigenvalue weighted by Crippen LogP contribution is -2.02. The second-order valence-electron chi connectivity index (χ2n) is 4.31. The molecule has 1 aromatic heterocycles. The number of nitrogens with zero attached hydrogens (tertiary/aromatic N) is 2. The SMILES string of the molecule is CCC(C)Sc1cc(NC)nc(C2CC2)n1. The summed E-state index contributed by atoms with van der Waals surface area (Å²) in [7, 11) is 1.91. The standard InChI is InChI=1S/C12H19N3S/c1-4-8(2)16-11-7-10(13-3)14-12(15-11)9-5-6-9/h7-9H,4-6H2,1-3H3,(H,13,14,15). The van der Waals surface area contributed by atoms with E-state index in [4.69, 9.17) is 0 Å². The second kappa shape index (κ2) is 5.04. The van der Waals surface area contributed by atoms with E-state index in [2.05, 4.69) is 29.1 Å². The van der Waals surface area contributed by atoms with E-state index in [9.17, 15) is 0 Å². The van der Waals surface area contributed by atoms with Crippen molar-refractivity contribution in [2.75, 3.05) is 12.4 Å². The van der Waals surface area contributed by atoms with Crippen LogP contribution in [0.15, 0.2) is 11.1 Å². The molecule has 1 saturated carbocycles. The van der Waals surface area contributed by atoms with Crippen LogP contribution in [0.1, 0.15) is 44.9 Å². The van der Waals surface area contributed by atoms with Crippen molar-refractivity contribution in [2.24, 2.45) is 0 Å². The van der Waals surface area contributed by atoms with Crippen molar-refractivity contribution in [3.63, 3.8) is 0 Å². The Morgan fingerprint density at radius 3 is 2.81 bits per heavy atom. The highest BCUT2D eigenvalue weighted by molar-refractivity contribution is 7.99. The zero-order valence-corrected chi connectivity index (χ0v) is 11.0. The highest BCUT2D eigenvalue weighted by atomic mass is 32.2. The lowest BCUT2D eigenvalue weighted by Gasteiger charge is -2.10. The monoisotopic (exact) mass is 237 g/mol. The Kier molecular flexibility index (Phi) is 3.69. The lowest BCUT2D eigenvalue weighted by molar-refractivity contribution is 0.865. The van der Waals surface area contributed by atoms with Gasteiger partial charge in [-0.05, 0) is 19.3 Å². The van der Waals surface area contributed by atoms with E-state index in [-0.39, 0.29) is 0 Å². The molecule has 0 aromatic carbocycles. The van der Waals surface area contributed by atoms with Gasteiger partial charge in [0.25, 0.3) is 0 Å². The minimum Gasteiger partial charge on any atom is -0.373 e. The van der Waals surface area contributed by atoms with Gasteiger partial charge in [-0.2, -0.15) is 0 Å². The summed E-state index contributed by atoms with van der Waals surface area (Å²) in [4.78, 5) is 9.15. The molecule has 3 nitrogen and oxygen atoms in total. The summed E-state index contributed by atoms with van der Waals surface area (Å²) < 4.78 is 0. The van der Waals surface area contributed by atoms with Gasteiger partial charge in [-0.1, -0.05) is 13.8 Å². The fourth-order valence-electron chi connectivity index (χ4n) is 1.44. The second-order valence-corrected chi connectivity index (χ2v) is 5.77. The van der Waals surface area contributed by atoms with Crippen LogP contribution in [0.3, 0.4) is 0 Å². The van der Waals surface area contributed by atoms with E-state index in [0.717, 1.165) is 16.7 Å². The normalized spacial score (nSPS) is 17.2. The molecule has 1 atom stereocenters. The van der Waals surface area contributed by atoms with Crippen molar-refractivity contribution in [3.05, 3.63) is 11.9 Å². The molecule has 0 bridgehead atoms. The van der Waals surface area contributed by atoms with Crippen LogP contribution in [-0.4, -0.2) is 22.3 Å². The van der Waals surface area contributed by atoms with E-state index in [1.54, 1.807) is 0 Å². The summed E-state index contributed by atoms with van der Waals surface area (Å²) in [6.07, 6.45) is 3.67. The Morgan fingerprint density at radius 1 is 1.50 bits per heavy atom. The molecule has 0 radical (unpaired) electrons. The molecule has 16 heavy (non-hydrogen) atoms. The molecule has 0 aliphatic heterocycles. The zero-order chi connectivity index (χ0) is 11.5. The van der Waals surface area contributed by atoms with E-state index in [0.29, 0.717) is 11.2 Å². The molecule has 1 unspecified atom stereocenters. The van der Waals surface area contributed by atoms with Crippen molar-refractivity contribution in [3.8, 4) is 0 Å².